The van der Waals surface area contributed by atoms with Crippen LogP contribution in [0.1, 0.15) is 24.2 Å². The van der Waals surface area contributed by atoms with Gasteiger partial charge in [0, 0.05) is 12.7 Å². The van der Waals surface area contributed by atoms with E-state index in [0.717, 1.165) is 4.90 Å². The summed E-state index contributed by atoms with van der Waals surface area (Å²) in [5.74, 6) is -0.718. The second-order valence-corrected chi connectivity index (χ2v) is 4.85. The first-order valence-corrected chi connectivity index (χ1v) is 6.93. The summed E-state index contributed by atoms with van der Waals surface area (Å²) in [7, 11) is 0. The van der Waals surface area contributed by atoms with Crippen molar-refractivity contribution in [2.75, 3.05) is 19.8 Å². The molecule has 0 aromatic carbocycles. The molecule has 0 saturated carbocycles. The molecule has 1 aliphatic rings. The number of rotatable bonds is 3. The zero-order valence-electron chi connectivity index (χ0n) is 12.3. The monoisotopic (exact) mass is 318 g/mol. The van der Waals surface area contributed by atoms with Crippen LogP contribution in [0.4, 0.5) is 13.2 Å². The van der Waals surface area contributed by atoms with Gasteiger partial charge in [-0.25, -0.2) is 4.98 Å². The van der Waals surface area contributed by atoms with Gasteiger partial charge in [-0.1, -0.05) is 0 Å². The van der Waals surface area contributed by atoms with Crippen molar-refractivity contribution in [2.24, 2.45) is 0 Å². The number of halogens is 3. The van der Waals surface area contributed by atoms with E-state index < -0.39 is 24.2 Å². The van der Waals surface area contributed by atoms with Crippen molar-refractivity contribution in [1.29, 1.82) is 0 Å². The largest absolute Gasteiger partial charge is 0.477 e. The van der Waals surface area contributed by atoms with Gasteiger partial charge in [0.15, 0.2) is 6.04 Å². The van der Waals surface area contributed by atoms with Gasteiger partial charge < -0.3 is 14.4 Å². The number of nitrogens with zero attached hydrogens (tertiary/aromatic N) is 2. The first-order chi connectivity index (χ1) is 10.4. The van der Waals surface area contributed by atoms with Gasteiger partial charge in [-0.05, 0) is 26.0 Å². The molecule has 122 valence electrons. The van der Waals surface area contributed by atoms with Gasteiger partial charge in [0.25, 0.3) is 5.91 Å². The predicted molar refractivity (Wildman–Crippen MR) is 71.7 cm³/mol. The number of amides is 1. The molecule has 5 nitrogen and oxygen atoms in total. The lowest BCUT2D eigenvalue weighted by Gasteiger charge is -2.40. The van der Waals surface area contributed by atoms with Crippen molar-refractivity contribution in [3.63, 3.8) is 0 Å². The van der Waals surface area contributed by atoms with Crippen LogP contribution in [0, 0.1) is 0 Å². The third-order valence-corrected chi connectivity index (χ3v) is 3.37. The maximum absolute atomic E-state index is 13.2. The normalized spacial score (nSPS) is 22.5. The van der Waals surface area contributed by atoms with Crippen LogP contribution < -0.4 is 4.74 Å². The molecule has 1 aromatic rings. The number of morpholine rings is 1. The fourth-order valence-electron chi connectivity index (χ4n) is 2.45. The molecule has 0 N–H and O–H groups in total. The molecule has 0 spiro atoms. The zero-order chi connectivity index (χ0) is 16.3. The quantitative estimate of drug-likeness (QED) is 0.858. The predicted octanol–water partition coefficient (Wildman–Crippen LogP) is 2.27. The Labute approximate surface area is 126 Å². The molecule has 22 heavy (non-hydrogen) atoms. The van der Waals surface area contributed by atoms with E-state index in [0.29, 0.717) is 0 Å². The Morgan fingerprint density at radius 3 is 2.91 bits per heavy atom. The summed E-state index contributed by atoms with van der Waals surface area (Å²) in [6, 6.07) is 0.916. The molecule has 1 aliphatic heterocycles. The van der Waals surface area contributed by atoms with Crippen molar-refractivity contribution < 1.29 is 27.4 Å². The second-order valence-electron chi connectivity index (χ2n) is 4.85. The number of aromatic nitrogens is 1. The molecule has 1 aromatic heterocycles. The zero-order valence-corrected chi connectivity index (χ0v) is 12.3. The van der Waals surface area contributed by atoms with E-state index in [2.05, 4.69) is 4.98 Å². The highest BCUT2D eigenvalue weighted by Gasteiger charge is 2.51. The van der Waals surface area contributed by atoms with E-state index in [4.69, 9.17) is 9.47 Å². The average molecular weight is 318 g/mol. The molecule has 0 bridgehead atoms. The summed E-state index contributed by atoms with van der Waals surface area (Å²) in [5.41, 5.74) is 0.0210. The van der Waals surface area contributed by atoms with Gasteiger partial charge in [0.1, 0.15) is 5.56 Å². The van der Waals surface area contributed by atoms with Crippen LogP contribution in [-0.4, -0.2) is 53.9 Å². The van der Waals surface area contributed by atoms with Gasteiger partial charge in [-0.3, -0.25) is 4.79 Å². The maximum Gasteiger partial charge on any atom is 0.411 e. The van der Waals surface area contributed by atoms with Crippen molar-refractivity contribution >= 4 is 5.91 Å². The molecule has 2 atom stereocenters. The van der Waals surface area contributed by atoms with Crippen molar-refractivity contribution in [1.82, 2.24) is 9.88 Å². The molecule has 1 saturated heterocycles. The fraction of sp³-hybridized carbons (Fsp3) is 0.571. The number of hydrogen-bond donors (Lipinski definition) is 0. The number of ether oxygens (including phenoxy) is 2. The molecule has 0 aliphatic carbocycles. The molecular weight excluding hydrogens is 301 g/mol. The molecule has 1 amide bonds. The Kier molecular flexibility index (Phi) is 4.90. The van der Waals surface area contributed by atoms with E-state index in [1.807, 2.05) is 0 Å². The maximum atomic E-state index is 13.2. The highest BCUT2D eigenvalue weighted by Crippen LogP contribution is 2.32. The Bertz CT molecular complexity index is 536. The number of pyridine rings is 1. The van der Waals surface area contributed by atoms with E-state index in [1.165, 1.54) is 25.3 Å². The minimum atomic E-state index is -4.57. The topological polar surface area (TPSA) is 51.7 Å². The molecule has 8 heteroatoms. The van der Waals surface area contributed by atoms with Crippen LogP contribution in [-0.2, 0) is 4.74 Å². The highest BCUT2D eigenvalue weighted by atomic mass is 19.4. The van der Waals surface area contributed by atoms with Crippen LogP contribution in [0.5, 0.6) is 5.88 Å². The van der Waals surface area contributed by atoms with Crippen LogP contribution in [0.2, 0.25) is 0 Å². The van der Waals surface area contributed by atoms with Crippen LogP contribution in [0.25, 0.3) is 0 Å². The molecule has 0 radical (unpaired) electrons. The third kappa shape index (κ3) is 3.32. The molecule has 0 unspecified atom stereocenters. The standard InChI is InChI=1S/C14H17F3N2O3/c1-3-21-12-10(5-4-6-18-12)13(20)19-7-8-22-9(2)11(19)14(15,16)17/h4-6,9,11H,3,7-8H2,1-2H3/t9-,11-/m0/s1. The van der Waals surface area contributed by atoms with Crippen LogP contribution >= 0.6 is 0 Å². The Morgan fingerprint density at radius 2 is 2.27 bits per heavy atom. The Balaban J connectivity index is 2.34. The lowest BCUT2D eigenvalue weighted by atomic mass is 10.1. The van der Waals surface area contributed by atoms with E-state index >= 15 is 0 Å². The minimum Gasteiger partial charge on any atom is -0.477 e. The summed E-state index contributed by atoms with van der Waals surface area (Å²) in [5, 5.41) is 0. The van der Waals surface area contributed by atoms with Gasteiger partial charge in [-0.15, -0.1) is 0 Å². The molecule has 2 heterocycles. The fourth-order valence-corrected chi connectivity index (χ4v) is 2.45. The highest BCUT2D eigenvalue weighted by molar-refractivity contribution is 5.96. The van der Waals surface area contributed by atoms with E-state index in [1.54, 1.807) is 6.92 Å². The van der Waals surface area contributed by atoms with Gasteiger partial charge in [0.2, 0.25) is 5.88 Å². The summed E-state index contributed by atoms with van der Waals surface area (Å²) >= 11 is 0. The number of hydrogen-bond acceptors (Lipinski definition) is 4. The molecule has 1 fully saturated rings. The first kappa shape index (κ1) is 16.5. The van der Waals surface area contributed by atoms with E-state index in [9.17, 15) is 18.0 Å². The van der Waals surface area contributed by atoms with E-state index in [-0.39, 0.29) is 31.2 Å². The van der Waals surface area contributed by atoms with Crippen LogP contribution in [0.3, 0.4) is 0 Å². The Hall–Kier alpha value is -1.83. The minimum absolute atomic E-state index is 0.0210. The van der Waals surface area contributed by atoms with Crippen molar-refractivity contribution in [3.05, 3.63) is 23.9 Å². The SMILES string of the molecule is CCOc1ncccc1C(=O)N1CCO[C@@H](C)[C@H]1C(F)(F)F. The molecule has 2 rings (SSSR count). The average Bonchev–Trinajstić information content (AvgIpc) is 2.46. The van der Waals surface area contributed by atoms with Crippen molar-refractivity contribution in [2.45, 2.75) is 32.2 Å². The number of alkyl halides is 3. The third-order valence-electron chi connectivity index (χ3n) is 3.37. The van der Waals surface area contributed by atoms with Gasteiger partial charge in [-0.2, -0.15) is 13.2 Å². The molecular formula is C14H17F3N2O3. The summed E-state index contributed by atoms with van der Waals surface area (Å²) in [4.78, 5) is 17.2. The smallest absolute Gasteiger partial charge is 0.411 e. The van der Waals surface area contributed by atoms with Crippen molar-refractivity contribution in [3.8, 4) is 5.88 Å². The summed E-state index contributed by atoms with van der Waals surface area (Å²) < 4.78 is 50.0. The van der Waals surface area contributed by atoms with Gasteiger partial charge in [0.05, 0.1) is 19.3 Å². The number of carbonyl (C=O) groups is 1. The number of carbonyl (C=O) groups excluding carboxylic acids is 1. The second kappa shape index (κ2) is 6.51. The summed E-state index contributed by atoms with van der Waals surface area (Å²) in [6.07, 6.45) is -4.26. The van der Waals surface area contributed by atoms with Crippen LogP contribution in [0.15, 0.2) is 18.3 Å². The van der Waals surface area contributed by atoms with Gasteiger partial charge >= 0.3 is 6.18 Å². The summed E-state index contributed by atoms with van der Waals surface area (Å²) in [6.45, 7) is 3.21. The lowest BCUT2D eigenvalue weighted by Crippen LogP contribution is -2.59. The Morgan fingerprint density at radius 1 is 1.55 bits per heavy atom. The first-order valence-electron chi connectivity index (χ1n) is 6.93. The lowest BCUT2D eigenvalue weighted by molar-refractivity contribution is -0.220.